The van der Waals surface area contributed by atoms with E-state index < -0.39 is 0 Å². The first-order valence-corrected chi connectivity index (χ1v) is 6.87. The Morgan fingerprint density at radius 2 is 1.88 bits per heavy atom. The molecule has 1 amide bonds. The molecule has 3 saturated heterocycles. The van der Waals surface area contributed by atoms with Crippen molar-refractivity contribution in [1.29, 1.82) is 0 Å². The third-order valence-electron chi connectivity index (χ3n) is 4.50. The number of quaternary nitrogens is 1. The summed E-state index contributed by atoms with van der Waals surface area (Å²) in [6, 6.07) is 0. The zero-order valence-corrected chi connectivity index (χ0v) is 11.3. The van der Waals surface area contributed by atoms with Crippen molar-refractivity contribution < 1.29 is 14.0 Å². The monoisotopic (exact) mass is 241 g/mol. The van der Waals surface area contributed by atoms with Gasteiger partial charge < -0.3 is 14.1 Å². The topological polar surface area (TPSA) is 29.5 Å². The average Bonchev–Trinajstić information content (AvgIpc) is 2.30. The molecule has 0 aromatic rings. The number of carbonyl (C=O) groups excluding carboxylic acids is 1. The third kappa shape index (κ3) is 2.57. The molecule has 0 saturated carbocycles. The summed E-state index contributed by atoms with van der Waals surface area (Å²) in [5.41, 5.74) is 0. The molecule has 4 heteroatoms. The van der Waals surface area contributed by atoms with Gasteiger partial charge in [0.05, 0.1) is 20.1 Å². The number of nitrogens with zero attached hydrogens (tertiary/aromatic N) is 2. The molecular formula is C13H25N2O2+. The van der Waals surface area contributed by atoms with Crippen LogP contribution in [0.1, 0.15) is 26.7 Å². The van der Waals surface area contributed by atoms with E-state index in [2.05, 4.69) is 7.05 Å². The van der Waals surface area contributed by atoms with E-state index in [1.54, 1.807) is 4.90 Å². The molecular weight excluding hydrogens is 216 g/mol. The summed E-state index contributed by atoms with van der Waals surface area (Å²) in [7, 11) is 2.29. The number of amides is 1. The molecule has 3 aliphatic rings. The van der Waals surface area contributed by atoms with E-state index in [0.29, 0.717) is 5.92 Å². The Balaban J connectivity index is 1.93. The quantitative estimate of drug-likeness (QED) is 0.704. The fourth-order valence-corrected chi connectivity index (χ4v) is 3.17. The molecule has 4 nitrogen and oxygen atoms in total. The highest BCUT2D eigenvalue weighted by molar-refractivity contribution is 5.67. The molecule has 98 valence electrons. The van der Waals surface area contributed by atoms with Gasteiger partial charge >= 0.3 is 6.09 Å². The van der Waals surface area contributed by atoms with Crippen LogP contribution in [0.2, 0.25) is 0 Å². The standard InChI is InChI=1S/C13H25N2O2/c1-4-14(5-2)13(16)17-12-10-15(3)8-6-11(12)7-9-15/h11-12H,4-10H2,1-3H3/q+1. The SMILES string of the molecule is CCN(CC)C(=O)OC1C[N+]2(C)CCC1CC2. The molecule has 0 N–H and O–H groups in total. The third-order valence-corrected chi connectivity index (χ3v) is 4.50. The second-order valence-electron chi connectivity index (χ2n) is 5.68. The maximum Gasteiger partial charge on any atom is 0.410 e. The van der Waals surface area contributed by atoms with E-state index in [-0.39, 0.29) is 12.2 Å². The van der Waals surface area contributed by atoms with Crippen molar-refractivity contribution in [3.8, 4) is 0 Å². The first kappa shape index (κ1) is 12.7. The molecule has 1 atom stereocenters. The van der Waals surface area contributed by atoms with Crippen LogP contribution in [0.3, 0.4) is 0 Å². The Morgan fingerprint density at radius 3 is 2.35 bits per heavy atom. The molecule has 3 rings (SSSR count). The molecule has 3 heterocycles. The normalized spacial score (nSPS) is 35.7. The zero-order valence-electron chi connectivity index (χ0n) is 11.3. The lowest BCUT2D eigenvalue weighted by atomic mass is 9.84. The number of rotatable bonds is 3. The highest BCUT2D eigenvalue weighted by Crippen LogP contribution is 2.34. The molecule has 17 heavy (non-hydrogen) atoms. The lowest BCUT2D eigenvalue weighted by Crippen LogP contribution is -2.62. The minimum atomic E-state index is -0.125. The maximum atomic E-state index is 12.0. The van der Waals surface area contributed by atoms with Gasteiger partial charge in [0, 0.05) is 31.8 Å². The van der Waals surface area contributed by atoms with Crippen LogP contribution in [0, 0.1) is 5.92 Å². The zero-order chi connectivity index (χ0) is 12.5. The highest BCUT2D eigenvalue weighted by Gasteiger charge is 2.45. The molecule has 0 radical (unpaired) electrons. The van der Waals surface area contributed by atoms with Gasteiger partial charge in [0.15, 0.2) is 6.10 Å². The summed E-state index contributed by atoms with van der Waals surface area (Å²) in [6.07, 6.45) is 2.45. The van der Waals surface area contributed by atoms with Crippen molar-refractivity contribution in [2.75, 3.05) is 39.8 Å². The molecule has 0 spiro atoms. The molecule has 2 bridgehead atoms. The molecule has 3 fully saturated rings. The number of fused-ring (bicyclic) bond motifs is 3. The molecule has 0 aliphatic carbocycles. The van der Waals surface area contributed by atoms with E-state index in [4.69, 9.17) is 4.74 Å². The van der Waals surface area contributed by atoms with Crippen LogP contribution in [0.4, 0.5) is 4.79 Å². The number of carbonyl (C=O) groups is 1. The van der Waals surface area contributed by atoms with Crippen LogP contribution in [0.25, 0.3) is 0 Å². The molecule has 1 unspecified atom stereocenters. The van der Waals surface area contributed by atoms with Crippen LogP contribution < -0.4 is 0 Å². The van der Waals surface area contributed by atoms with Crippen molar-refractivity contribution in [3.63, 3.8) is 0 Å². The van der Waals surface area contributed by atoms with E-state index >= 15 is 0 Å². The van der Waals surface area contributed by atoms with Gasteiger partial charge in [-0.25, -0.2) is 4.79 Å². The Labute approximate surface area is 104 Å². The summed E-state index contributed by atoms with van der Waals surface area (Å²) in [6.45, 7) is 8.98. The number of piperidine rings is 3. The van der Waals surface area contributed by atoms with Crippen molar-refractivity contribution in [2.45, 2.75) is 32.8 Å². The maximum absolute atomic E-state index is 12.0. The van der Waals surface area contributed by atoms with Gasteiger partial charge in [0.25, 0.3) is 0 Å². The predicted octanol–water partition coefficient (Wildman–Crippen LogP) is 1.70. The highest BCUT2D eigenvalue weighted by atomic mass is 16.6. The summed E-state index contributed by atoms with van der Waals surface area (Å²) in [5, 5.41) is 0. The van der Waals surface area contributed by atoms with Crippen molar-refractivity contribution in [1.82, 2.24) is 4.90 Å². The largest absolute Gasteiger partial charge is 0.440 e. The van der Waals surface area contributed by atoms with E-state index in [1.165, 1.54) is 25.9 Å². The van der Waals surface area contributed by atoms with Crippen LogP contribution in [-0.2, 0) is 4.74 Å². The van der Waals surface area contributed by atoms with Crippen LogP contribution in [0.5, 0.6) is 0 Å². The molecule has 0 aromatic heterocycles. The lowest BCUT2D eigenvalue weighted by molar-refractivity contribution is -0.928. The number of hydrogen-bond donors (Lipinski definition) is 0. The minimum absolute atomic E-state index is 0.125. The van der Waals surface area contributed by atoms with Crippen molar-refractivity contribution in [3.05, 3.63) is 0 Å². The fourth-order valence-electron chi connectivity index (χ4n) is 3.17. The first-order valence-electron chi connectivity index (χ1n) is 6.87. The Bertz CT molecular complexity index is 281. The van der Waals surface area contributed by atoms with Gasteiger partial charge in [-0.2, -0.15) is 0 Å². The molecule has 0 aromatic carbocycles. The Kier molecular flexibility index (Phi) is 3.61. The van der Waals surface area contributed by atoms with Crippen LogP contribution in [0.15, 0.2) is 0 Å². The average molecular weight is 241 g/mol. The van der Waals surface area contributed by atoms with Crippen molar-refractivity contribution in [2.24, 2.45) is 5.92 Å². The number of ether oxygens (including phenoxy) is 1. The molecule has 3 aliphatic heterocycles. The van der Waals surface area contributed by atoms with Crippen molar-refractivity contribution >= 4 is 6.09 Å². The minimum Gasteiger partial charge on any atom is -0.440 e. The number of likely N-dealkylation sites (N-methyl/N-ethyl adjacent to an activating group) is 1. The van der Waals surface area contributed by atoms with E-state index in [1.807, 2.05) is 13.8 Å². The summed E-state index contributed by atoms with van der Waals surface area (Å²) in [4.78, 5) is 13.7. The summed E-state index contributed by atoms with van der Waals surface area (Å²) >= 11 is 0. The van der Waals surface area contributed by atoms with Gasteiger partial charge in [-0.15, -0.1) is 0 Å². The summed E-state index contributed by atoms with van der Waals surface area (Å²) < 4.78 is 6.80. The van der Waals surface area contributed by atoms with Gasteiger partial charge in [-0.05, 0) is 13.8 Å². The van der Waals surface area contributed by atoms with Crippen LogP contribution >= 0.6 is 0 Å². The van der Waals surface area contributed by atoms with E-state index in [9.17, 15) is 4.79 Å². The lowest BCUT2D eigenvalue weighted by Gasteiger charge is -2.49. The predicted molar refractivity (Wildman–Crippen MR) is 66.7 cm³/mol. The Morgan fingerprint density at radius 1 is 1.29 bits per heavy atom. The smallest absolute Gasteiger partial charge is 0.410 e. The van der Waals surface area contributed by atoms with Gasteiger partial charge in [0.2, 0.25) is 0 Å². The fraction of sp³-hybridized carbons (Fsp3) is 0.923. The second kappa shape index (κ2) is 4.84. The van der Waals surface area contributed by atoms with E-state index in [0.717, 1.165) is 24.1 Å². The Hall–Kier alpha value is -0.770. The van der Waals surface area contributed by atoms with Gasteiger partial charge in [0.1, 0.15) is 6.54 Å². The van der Waals surface area contributed by atoms with Gasteiger partial charge in [-0.3, -0.25) is 0 Å². The summed E-state index contributed by atoms with van der Waals surface area (Å²) in [5.74, 6) is 0.606. The number of hydrogen-bond acceptors (Lipinski definition) is 2. The first-order chi connectivity index (χ1) is 8.08. The second-order valence-corrected chi connectivity index (χ2v) is 5.68. The van der Waals surface area contributed by atoms with Gasteiger partial charge in [-0.1, -0.05) is 0 Å². The van der Waals surface area contributed by atoms with Crippen LogP contribution in [-0.4, -0.2) is 61.4 Å².